The Morgan fingerprint density at radius 2 is 2.44 bits per heavy atom. The molecule has 2 N–H and O–H groups in total. The molecule has 2 rings (SSSR count). The Balaban J connectivity index is 2.11. The third-order valence-electron chi connectivity index (χ3n) is 3.88. The first kappa shape index (κ1) is 13.1. The van der Waals surface area contributed by atoms with Crippen LogP contribution in [0.15, 0.2) is 16.7 Å². The van der Waals surface area contributed by atoms with Crippen molar-refractivity contribution >= 4 is 5.91 Å². The Labute approximate surface area is 107 Å². The van der Waals surface area contributed by atoms with Crippen LogP contribution in [0, 0.1) is 12.8 Å². The van der Waals surface area contributed by atoms with E-state index in [1.54, 1.807) is 13.0 Å². The van der Waals surface area contributed by atoms with Crippen LogP contribution in [0.5, 0.6) is 0 Å². The molecule has 1 amide bonds. The van der Waals surface area contributed by atoms with Crippen LogP contribution in [0.3, 0.4) is 0 Å². The van der Waals surface area contributed by atoms with Gasteiger partial charge in [-0.25, -0.2) is 0 Å². The van der Waals surface area contributed by atoms with Crippen molar-refractivity contribution in [1.82, 2.24) is 5.32 Å². The van der Waals surface area contributed by atoms with Crippen molar-refractivity contribution in [2.45, 2.75) is 45.1 Å². The first-order valence-electron chi connectivity index (χ1n) is 6.54. The number of carbonyl (C=O) groups is 1. The fraction of sp³-hybridized carbons (Fsp3) is 0.643. The number of aliphatic hydroxyl groups excluding tert-OH is 1. The Bertz CT molecular complexity index is 426. The second-order valence-electron chi connectivity index (χ2n) is 5.48. The van der Waals surface area contributed by atoms with Gasteiger partial charge in [-0.05, 0) is 31.7 Å². The van der Waals surface area contributed by atoms with Crippen LogP contribution in [0.1, 0.15) is 48.7 Å². The lowest BCUT2D eigenvalue weighted by Crippen LogP contribution is -2.53. The van der Waals surface area contributed by atoms with Crippen LogP contribution < -0.4 is 5.32 Å². The van der Waals surface area contributed by atoms with Gasteiger partial charge in [0.25, 0.3) is 5.91 Å². The number of nitrogens with one attached hydrogen (secondary N) is 1. The lowest BCUT2D eigenvalue weighted by Gasteiger charge is -2.39. The summed E-state index contributed by atoms with van der Waals surface area (Å²) in [5.41, 5.74) is 0.0967. The van der Waals surface area contributed by atoms with E-state index in [4.69, 9.17) is 4.42 Å². The van der Waals surface area contributed by atoms with Crippen molar-refractivity contribution in [2.75, 3.05) is 6.61 Å². The second kappa shape index (κ2) is 5.14. The fourth-order valence-electron chi connectivity index (χ4n) is 2.89. The Morgan fingerprint density at radius 3 is 3.00 bits per heavy atom. The summed E-state index contributed by atoms with van der Waals surface area (Å²) >= 11 is 0. The van der Waals surface area contributed by atoms with E-state index in [1.807, 2.05) is 0 Å². The molecule has 100 valence electrons. The van der Waals surface area contributed by atoms with Gasteiger partial charge in [-0.3, -0.25) is 4.79 Å². The van der Waals surface area contributed by atoms with Gasteiger partial charge in [0, 0.05) is 0 Å². The van der Waals surface area contributed by atoms with Gasteiger partial charge < -0.3 is 14.8 Å². The first-order chi connectivity index (χ1) is 8.56. The van der Waals surface area contributed by atoms with E-state index in [2.05, 4.69) is 12.2 Å². The molecule has 2 atom stereocenters. The normalized spacial score (nSPS) is 28.1. The van der Waals surface area contributed by atoms with E-state index in [0.717, 1.165) is 19.3 Å². The third-order valence-corrected chi connectivity index (χ3v) is 3.88. The zero-order valence-electron chi connectivity index (χ0n) is 11.0. The summed E-state index contributed by atoms with van der Waals surface area (Å²) in [7, 11) is 0. The topological polar surface area (TPSA) is 62.5 Å². The van der Waals surface area contributed by atoms with E-state index in [1.165, 1.54) is 12.7 Å². The SMILES string of the molecule is Cc1occc1C(=O)NC1(CO)CCCC(C)C1. The van der Waals surface area contributed by atoms with Gasteiger partial charge in [0.1, 0.15) is 5.76 Å². The van der Waals surface area contributed by atoms with Crippen molar-refractivity contribution in [3.8, 4) is 0 Å². The molecule has 2 unspecified atom stereocenters. The van der Waals surface area contributed by atoms with Gasteiger partial charge in [0.15, 0.2) is 0 Å². The lowest BCUT2D eigenvalue weighted by molar-refractivity contribution is 0.0696. The van der Waals surface area contributed by atoms with Crippen molar-refractivity contribution in [3.63, 3.8) is 0 Å². The summed E-state index contributed by atoms with van der Waals surface area (Å²) in [4.78, 5) is 12.2. The van der Waals surface area contributed by atoms with Crippen molar-refractivity contribution in [2.24, 2.45) is 5.92 Å². The molecule has 1 aromatic rings. The highest BCUT2D eigenvalue weighted by Gasteiger charge is 2.36. The maximum Gasteiger partial charge on any atom is 0.255 e. The van der Waals surface area contributed by atoms with E-state index in [0.29, 0.717) is 17.2 Å². The highest BCUT2D eigenvalue weighted by Crippen LogP contribution is 2.32. The smallest absolute Gasteiger partial charge is 0.255 e. The number of carbonyl (C=O) groups excluding carboxylic acids is 1. The average molecular weight is 251 g/mol. The average Bonchev–Trinajstić information content (AvgIpc) is 2.75. The number of hydrogen-bond acceptors (Lipinski definition) is 3. The minimum absolute atomic E-state index is 0.0000208. The molecule has 4 nitrogen and oxygen atoms in total. The molecule has 0 radical (unpaired) electrons. The molecule has 0 aliphatic heterocycles. The van der Waals surface area contributed by atoms with E-state index >= 15 is 0 Å². The number of aliphatic hydroxyl groups is 1. The van der Waals surface area contributed by atoms with Crippen LogP contribution >= 0.6 is 0 Å². The molecular weight excluding hydrogens is 230 g/mol. The van der Waals surface area contributed by atoms with E-state index in [9.17, 15) is 9.90 Å². The minimum atomic E-state index is -0.460. The van der Waals surface area contributed by atoms with Gasteiger partial charge in [-0.2, -0.15) is 0 Å². The molecule has 1 saturated carbocycles. The molecule has 1 heterocycles. The van der Waals surface area contributed by atoms with Gasteiger partial charge in [-0.1, -0.05) is 19.8 Å². The molecule has 1 aliphatic rings. The molecule has 0 aromatic carbocycles. The molecule has 1 aliphatic carbocycles. The van der Waals surface area contributed by atoms with Crippen molar-refractivity contribution in [3.05, 3.63) is 23.7 Å². The number of amides is 1. The highest BCUT2D eigenvalue weighted by atomic mass is 16.3. The van der Waals surface area contributed by atoms with Gasteiger partial charge in [-0.15, -0.1) is 0 Å². The molecule has 0 saturated heterocycles. The predicted molar refractivity (Wildman–Crippen MR) is 68.4 cm³/mol. The summed E-state index contributed by atoms with van der Waals surface area (Å²) in [6.45, 7) is 3.93. The molecule has 1 aromatic heterocycles. The molecule has 4 heteroatoms. The zero-order chi connectivity index (χ0) is 13.2. The zero-order valence-corrected chi connectivity index (χ0v) is 11.0. The molecular formula is C14H21NO3. The van der Waals surface area contributed by atoms with Crippen LogP contribution in [0.4, 0.5) is 0 Å². The summed E-state index contributed by atoms with van der Waals surface area (Å²) in [5.74, 6) is 1.01. The number of aryl methyl sites for hydroxylation is 1. The van der Waals surface area contributed by atoms with Crippen LogP contribution in [-0.2, 0) is 0 Å². The second-order valence-corrected chi connectivity index (χ2v) is 5.48. The van der Waals surface area contributed by atoms with E-state index in [-0.39, 0.29) is 12.5 Å². The molecule has 0 spiro atoms. The van der Waals surface area contributed by atoms with Crippen LogP contribution in [0.25, 0.3) is 0 Å². The van der Waals surface area contributed by atoms with Crippen molar-refractivity contribution < 1.29 is 14.3 Å². The van der Waals surface area contributed by atoms with Crippen LogP contribution in [-0.4, -0.2) is 23.2 Å². The first-order valence-corrected chi connectivity index (χ1v) is 6.54. The number of hydrogen-bond donors (Lipinski definition) is 2. The third kappa shape index (κ3) is 2.58. The Morgan fingerprint density at radius 1 is 1.67 bits per heavy atom. The standard InChI is InChI=1S/C14H21NO3/c1-10-4-3-6-14(8-10,9-16)15-13(17)12-5-7-18-11(12)2/h5,7,10,16H,3-4,6,8-9H2,1-2H3,(H,15,17). The maximum atomic E-state index is 12.2. The highest BCUT2D eigenvalue weighted by molar-refractivity contribution is 5.95. The minimum Gasteiger partial charge on any atom is -0.469 e. The van der Waals surface area contributed by atoms with Gasteiger partial charge >= 0.3 is 0 Å². The lowest BCUT2D eigenvalue weighted by atomic mass is 9.76. The summed E-state index contributed by atoms with van der Waals surface area (Å²) in [6, 6.07) is 1.67. The van der Waals surface area contributed by atoms with Gasteiger partial charge in [0.05, 0.1) is 24.0 Å². The quantitative estimate of drug-likeness (QED) is 0.866. The molecule has 1 fully saturated rings. The number of furan rings is 1. The van der Waals surface area contributed by atoms with E-state index < -0.39 is 5.54 Å². The maximum absolute atomic E-state index is 12.2. The van der Waals surface area contributed by atoms with Crippen LogP contribution in [0.2, 0.25) is 0 Å². The fourth-order valence-corrected chi connectivity index (χ4v) is 2.89. The summed E-state index contributed by atoms with van der Waals surface area (Å²) in [6.07, 6.45) is 5.41. The monoisotopic (exact) mass is 251 g/mol. The molecule has 0 bridgehead atoms. The van der Waals surface area contributed by atoms with Gasteiger partial charge in [0.2, 0.25) is 0 Å². The predicted octanol–water partition coefficient (Wildman–Crippen LogP) is 2.26. The number of rotatable bonds is 3. The molecule has 18 heavy (non-hydrogen) atoms. The van der Waals surface area contributed by atoms with Crippen molar-refractivity contribution in [1.29, 1.82) is 0 Å². The Kier molecular flexibility index (Phi) is 3.76. The largest absolute Gasteiger partial charge is 0.469 e. The summed E-state index contributed by atoms with van der Waals surface area (Å²) in [5, 5.41) is 12.6. The summed E-state index contributed by atoms with van der Waals surface area (Å²) < 4.78 is 5.14. The Hall–Kier alpha value is -1.29.